The van der Waals surface area contributed by atoms with E-state index < -0.39 is 17.7 Å². The van der Waals surface area contributed by atoms with Crippen LogP contribution in [0.1, 0.15) is 30.9 Å². The first kappa shape index (κ1) is 19.7. The number of rotatable bonds is 3. The Bertz CT molecular complexity index is 1140. The van der Waals surface area contributed by atoms with Crippen LogP contribution in [0.15, 0.2) is 36.8 Å². The summed E-state index contributed by atoms with van der Waals surface area (Å²) in [7, 11) is 0. The molecule has 0 aliphatic carbocycles. The van der Waals surface area contributed by atoms with Crippen LogP contribution in [0.25, 0.3) is 5.65 Å². The molecule has 2 aromatic heterocycles. The third-order valence-electron chi connectivity index (χ3n) is 5.93. The van der Waals surface area contributed by atoms with Gasteiger partial charge in [0, 0.05) is 25.2 Å². The lowest BCUT2D eigenvalue weighted by Crippen LogP contribution is -2.34. The number of aliphatic hydroxyl groups is 1. The van der Waals surface area contributed by atoms with E-state index in [-0.39, 0.29) is 12.1 Å². The van der Waals surface area contributed by atoms with E-state index >= 15 is 0 Å². The molecule has 4 heterocycles. The van der Waals surface area contributed by atoms with Gasteiger partial charge in [-0.25, -0.2) is 23.5 Å². The quantitative estimate of drug-likeness (QED) is 0.670. The molecule has 2 atom stereocenters. The first-order valence-corrected chi connectivity index (χ1v) is 10.3. The van der Waals surface area contributed by atoms with Crippen molar-refractivity contribution in [2.24, 2.45) is 0 Å². The molecule has 2 saturated heterocycles. The second-order valence-corrected chi connectivity index (χ2v) is 7.95. The summed E-state index contributed by atoms with van der Waals surface area (Å²) in [6, 6.07) is 2.87. The number of nitrogens with zero attached hydrogens (tertiary/aromatic N) is 5. The molecule has 8 nitrogen and oxygen atoms in total. The first-order chi connectivity index (χ1) is 15.0. The van der Waals surface area contributed by atoms with Gasteiger partial charge in [-0.3, -0.25) is 9.72 Å². The molecular formula is C21H22F2N6O2. The van der Waals surface area contributed by atoms with Gasteiger partial charge in [0.05, 0.1) is 30.7 Å². The second kappa shape index (κ2) is 7.77. The number of carbonyl (C=O) groups is 1. The smallest absolute Gasteiger partial charge is 0.323 e. The average molecular weight is 428 g/mol. The van der Waals surface area contributed by atoms with Gasteiger partial charge in [0.25, 0.3) is 0 Å². The summed E-state index contributed by atoms with van der Waals surface area (Å²) >= 11 is 0. The fourth-order valence-corrected chi connectivity index (χ4v) is 4.37. The number of fused-ring (bicyclic) bond motifs is 1. The van der Waals surface area contributed by atoms with Crippen molar-refractivity contribution < 1.29 is 18.7 Å². The summed E-state index contributed by atoms with van der Waals surface area (Å²) in [6.07, 6.45) is 6.43. The van der Waals surface area contributed by atoms with E-state index in [1.165, 1.54) is 6.07 Å². The summed E-state index contributed by atoms with van der Waals surface area (Å²) in [4.78, 5) is 24.7. The number of β-amino-alcohol motifs (C(OH)–C–C–N with tert-alkyl or cyclic N) is 1. The molecule has 0 spiro atoms. The number of halogens is 2. The predicted octanol–water partition coefficient (Wildman–Crippen LogP) is 2.95. The van der Waals surface area contributed by atoms with E-state index in [0.29, 0.717) is 55.3 Å². The van der Waals surface area contributed by atoms with Crippen molar-refractivity contribution in [3.8, 4) is 0 Å². The summed E-state index contributed by atoms with van der Waals surface area (Å²) in [5, 5.41) is 12.5. The highest BCUT2D eigenvalue weighted by atomic mass is 19.1. The van der Waals surface area contributed by atoms with Gasteiger partial charge >= 0.3 is 6.03 Å². The number of benzene rings is 1. The van der Waals surface area contributed by atoms with E-state index in [0.717, 1.165) is 18.6 Å². The van der Waals surface area contributed by atoms with Crippen molar-refractivity contribution in [3.05, 3.63) is 54.0 Å². The molecule has 2 aliphatic rings. The molecule has 2 amide bonds. The van der Waals surface area contributed by atoms with Gasteiger partial charge < -0.3 is 14.9 Å². The lowest BCUT2D eigenvalue weighted by Gasteiger charge is -2.26. The molecule has 0 bridgehead atoms. The molecule has 3 aromatic rings. The predicted molar refractivity (Wildman–Crippen MR) is 110 cm³/mol. The van der Waals surface area contributed by atoms with Crippen LogP contribution < -0.4 is 10.2 Å². The Balaban J connectivity index is 1.43. The zero-order chi connectivity index (χ0) is 21.5. The van der Waals surface area contributed by atoms with Crippen LogP contribution in [-0.2, 0) is 0 Å². The van der Waals surface area contributed by atoms with Gasteiger partial charge in [-0.1, -0.05) is 0 Å². The van der Waals surface area contributed by atoms with Gasteiger partial charge in [-0.15, -0.1) is 0 Å². The van der Waals surface area contributed by atoms with Crippen LogP contribution in [0.3, 0.4) is 0 Å². The molecule has 2 aliphatic heterocycles. The molecule has 31 heavy (non-hydrogen) atoms. The number of aromatic nitrogens is 3. The molecule has 2 N–H and O–H groups in total. The number of nitrogens with one attached hydrogen (secondary N) is 1. The number of urea groups is 1. The molecule has 2 fully saturated rings. The van der Waals surface area contributed by atoms with Crippen LogP contribution in [0.2, 0.25) is 0 Å². The number of amides is 2. The summed E-state index contributed by atoms with van der Waals surface area (Å²) in [6.45, 7) is 1.44. The van der Waals surface area contributed by atoms with Crippen molar-refractivity contribution in [3.63, 3.8) is 0 Å². The van der Waals surface area contributed by atoms with E-state index in [4.69, 9.17) is 0 Å². The highest BCUT2D eigenvalue weighted by Gasteiger charge is 2.30. The van der Waals surface area contributed by atoms with Gasteiger partial charge in [0.15, 0.2) is 5.65 Å². The first-order valence-electron chi connectivity index (χ1n) is 10.3. The van der Waals surface area contributed by atoms with E-state index in [9.17, 15) is 18.7 Å². The summed E-state index contributed by atoms with van der Waals surface area (Å²) < 4.78 is 29.9. The molecule has 5 rings (SSSR count). The number of likely N-dealkylation sites (tertiary alicyclic amines) is 1. The number of aliphatic hydroxyl groups excluding tert-OH is 1. The summed E-state index contributed by atoms with van der Waals surface area (Å²) in [5.41, 5.74) is 0.860. The zero-order valence-electron chi connectivity index (χ0n) is 16.7. The fourth-order valence-electron chi connectivity index (χ4n) is 4.37. The lowest BCUT2D eigenvalue weighted by molar-refractivity contribution is 0.176. The molecule has 1 aromatic carbocycles. The van der Waals surface area contributed by atoms with Gasteiger partial charge in [-0.2, -0.15) is 0 Å². The largest absolute Gasteiger partial charge is 0.391 e. The van der Waals surface area contributed by atoms with Crippen molar-refractivity contribution in [2.75, 3.05) is 29.9 Å². The monoisotopic (exact) mass is 428 g/mol. The second-order valence-electron chi connectivity index (χ2n) is 7.95. The van der Waals surface area contributed by atoms with Gasteiger partial charge in [0.2, 0.25) is 0 Å². The minimum absolute atomic E-state index is 0.296. The Kier molecular flexibility index (Phi) is 4.93. The molecular weight excluding hydrogens is 406 g/mol. The Labute approximate surface area is 177 Å². The summed E-state index contributed by atoms with van der Waals surface area (Å²) in [5.74, 6) is 0.141. The Morgan fingerprint density at radius 3 is 2.84 bits per heavy atom. The van der Waals surface area contributed by atoms with Crippen LogP contribution in [0.5, 0.6) is 0 Å². The van der Waals surface area contributed by atoms with Gasteiger partial charge in [-0.05, 0) is 37.5 Å². The fraction of sp³-hybridized carbons (Fsp3) is 0.381. The highest BCUT2D eigenvalue weighted by molar-refractivity contribution is 5.89. The Hall–Kier alpha value is -3.27. The Morgan fingerprint density at radius 1 is 1.16 bits per heavy atom. The standard InChI is InChI=1S/C21H22F2N6O2/c22-13-3-4-16(23)15(8-13)17-2-1-6-28(17)20-12-29-18(9-25-20)24-10-19(29)26-21(31)27-7-5-14(30)11-27/h3-4,8-10,12,14,17,30H,1-2,5-7,11H2,(H,26,31)/t14-,17+/m0/s1. The molecule has 162 valence electrons. The SMILES string of the molecule is O=C(Nc1cnc2cnc(N3CCC[C@@H]3c3cc(F)ccc3F)cn12)N1CC[C@H](O)C1. The number of hydrogen-bond acceptors (Lipinski definition) is 5. The van der Waals surface area contributed by atoms with Crippen molar-refractivity contribution >= 4 is 23.3 Å². The number of carbonyl (C=O) groups excluding carboxylic acids is 1. The minimum atomic E-state index is -0.501. The third-order valence-corrected chi connectivity index (χ3v) is 5.93. The number of hydrogen-bond donors (Lipinski definition) is 2. The van der Waals surface area contributed by atoms with E-state index in [2.05, 4.69) is 15.3 Å². The van der Waals surface area contributed by atoms with Crippen molar-refractivity contribution in [1.82, 2.24) is 19.3 Å². The highest BCUT2D eigenvalue weighted by Crippen LogP contribution is 2.36. The van der Waals surface area contributed by atoms with E-state index in [1.54, 1.807) is 27.9 Å². The molecule has 0 unspecified atom stereocenters. The number of anilines is 2. The topological polar surface area (TPSA) is 86.0 Å². The maximum absolute atomic E-state index is 14.4. The molecule has 0 radical (unpaired) electrons. The lowest BCUT2D eigenvalue weighted by atomic mass is 10.0. The van der Waals surface area contributed by atoms with Crippen LogP contribution >= 0.6 is 0 Å². The normalized spacial score (nSPS) is 21.3. The van der Waals surface area contributed by atoms with Crippen LogP contribution in [0.4, 0.5) is 25.2 Å². The zero-order valence-corrected chi connectivity index (χ0v) is 16.7. The molecule has 10 heteroatoms. The van der Waals surface area contributed by atoms with Crippen LogP contribution in [-0.4, -0.2) is 56.1 Å². The van der Waals surface area contributed by atoms with Crippen molar-refractivity contribution in [1.29, 1.82) is 0 Å². The minimum Gasteiger partial charge on any atom is -0.391 e. The average Bonchev–Trinajstić information content (AvgIpc) is 3.49. The van der Waals surface area contributed by atoms with Crippen LogP contribution in [0, 0.1) is 11.6 Å². The van der Waals surface area contributed by atoms with E-state index in [1.807, 2.05) is 4.90 Å². The van der Waals surface area contributed by atoms with Gasteiger partial charge in [0.1, 0.15) is 23.3 Å². The third kappa shape index (κ3) is 3.67. The number of imidazole rings is 1. The maximum Gasteiger partial charge on any atom is 0.323 e. The Morgan fingerprint density at radius 2 is 2.03 bits per heavy atom. The molecule has 0 saturated carbocycles. The maximum atomic E-state index is 14.4. The van der Waals surface area contributed by atoms with Crippen molar-refractivity contribution in [2.45, 2.75) is 31.4 Å².